The molecule has 5 heteroatoms. The fourth-order valence-corrected chi connectivity index (χ4v) is 2.99. The summed E-state index contributed by atoms with van der Waals surface area (Å²) in [6.07, 6.45) is 4.98. The number of thiazole rings is 1. The molecule has 2 N–H and O–H groups in total. The topological polar surface area (TPSA) is 43.3 Å². The molecule has 16 heavy (non-hydrogen) atoms. The van der Waals surface area contributed by atoms with Gasteiger partial charge in [0.05, 0.1) is 5.69 Å². The monoisotopic (exact) mass is 255 g/mol. The van der Waals surface area contributed by atoms with Crippen LogP contribution in [-0.2, 0) is 6.42 Å². The first kappa shape index (κ1) is 12.0. The average Bonchev–Trinajstić information content (AvgIpc) is 2.74. The van der Waals surface area contributed by atoms with E-state index in [4.69, 9.17) is 5.73 Å². The predicted molar refractivity (Wildman–Crippen MR) is 72.3 cm³/mol. The highest BCUT2D eigenvalue weighted by molar-refractivity contribution is 7.99. The zero-order valence-electron chi connectivity index (χ0n) is 9.59. The molecule has 0 saturated carbocycles. The molecule has 88 valence electrons. The largest absolute Gasteiger partial charge is 0.327 e. The Morgan fingerprint density at radius 3 is 3.06 bits per heavy atom. The summed E-state index contributed by atoms with van der Waals surface area (Å²) in [6, 6.07) is 0.206. The van der Waals surface area contributed by atoms with Gasteiger partial charge in [-0.05, 0) is 5.25 Å². The molecular weight excluding hydrogens is 238 g/mol. The van der Waals surface area contributed by atoms with Gasteiger partial charge in [0, 0.05) is 36.0 Å². The molecule has 1 unspecified atom stereocenters. The maximum Gasteiger partial charge on any atom is 0.193 e. The summed E-state index contributed by atoms with van der Waals surface area (Å²) in [5, 5.41) is 2.69. The Hall–Kier alpha value is -0.520. The van der Waals surface area contributed by atoms with Crippen LogP contribution in [0.4, 0.5) is 0 Å². The Balaban J connectivity index is 1.91. The molecule has 0 radical (unpaired) electrons. The number of aromatic nitrogens is 2. The number of hydrogen-bond acceptors (Lipinski definition) is 4. The first-order chi connectivity index (χ1) is 7.65. The SMILES string of the molecule is CC(C)SCC(N)Cc1cn2ccsc2n1. The van der Waals surface area contributed by atoms with E-state index in [2.05, 4.69) is 29.4 Å². The van der Waals surface area contributed by atoms with E-state index in [0.29, 0.717) is 5.25 Å². The van der Waals surface area contributed by atoms with Crippen molar-refractivity contribution in [3.05, 3.63) is 23.5 Å². The number of imidazole rings is 1. The van der Waals surface area contributed by atoms with Crippen LogP contribution in [0.2, 0.25) is 0 Å². The van der Waals surface area contributed by atoms with Gasteiger partial charge < -0.3 is 5.73 Å². The number of fused-ring (bicyclic) bond motifs is 1. The van der Waals surface area contributed by atoms with Crippen LogP contribution < -0.4 is 5.73 Å². The second kappa shape index (κ2) is 5.21. The summed E-state index contributed by atoms with van der Waals surface area (Å²) >= 11 is 3.57. The van der Waals surface area contributed by atoms with Gasteiger partial charge >= 0.3 is 0 Å². The van der Waals surface area contributed by atoms with Crippen molar-refractivity contribution >= 4 is 28.1 Å². The van der Waals surface area contributed by atoms with Gasteiger partial charge in [0.25, 0.3) is 0 Å². The van der Waals surface area contributed by atoms with E-state index in [-0.39, 0.29) is 6.04 Å². The van der Waals surface area contributed by atoms with Crippen molar-refractivity contribution in [2.45, 2.75) is 31.6 Å². The molecule has 0 aromatic carbocycles. The van der Waals surface area contributed by atoms with Gasteiger partial charge in [-0.3, -0.25) is 4.40 Å². The van der Waals surface area contributed by atoms with Crippen LogP contribution in [0.25, 0.3) is 4.96 Å². The van der Waals surface area contributed by atoms with Gasteiger partial charge in [0.2, 0.25) is 0 Å². The third-order valence-corrected chi connectivity index (χ3v) is 4.32. The van der Waals surface area contributed by atoms with E-state index in [1.807, 2.05) is 23.3 Å². The zero-order valence-corrected chi connectivity index (χ0v) is 11.2. The number of hydrogen-bond donors (Lipinski definition) is 1. The number of nitrogens with two attached hydrogens (primary N) is 1. The minimum Gasteiger partial charge on any atom is -0.327 e. The van der Waals surface area contributed by atoms with Crippen LogP contribution in [0.5, 0.6) is 0 Å². The van der Waals surface area contributed by atoms with Crippen molar-refractivity contribution in [2.75, 3.05) is 5.75 Å². The molecule has 0 spiro atoms. The van der Waals surface area contributed by atoms with Crippen LogP contribution in [0.15, 0.2) is 17.8 Å². The molecule has 0 amide bonds. The van der Waals surface area contributed by atoms with Crippen molar-refractivity contribution in [1.29, 1.82) is 0 Å². The fraction of sp³-hybridized carbons (Fsp3) is 0.545. The first-order valence-electron chi connectivity index (χ1n) is 5.43. The molecule has 2 rings (SSSR count). The molecule has 0 aliphatic rings. The summed E-state index contributed by atoms with van der Waals surface area (Å²) < 4.78 is 2.06. The van der Waals surface area contributed by atoms with E-state index >= 15 is 0 Å². The van der Waals surface area contributed by atoms with Crippen LogP contribution in [0.1, 0.15) is 19.5 Å². The smallest absolute Gasteiger partial charge is 0.193 e. The van der Waals surface area contributed by atoms with Gasteiger partial charge in [0.15, 0.2) is 4.96 Å². The Kier molecular flexibility index (Phi) is 3.89. The minimum atomic E-state index is 0.206. The third-order valence-electron chi connectivity index (χ3n) is 2.26. The van der Waals surface area contributed by atoms with Crippen LogP contribution in [0.3, 0.4) is 0 Å². The Labute approximate surface area is 104 Å². The van der Waals surface area contributed by atoms with Crippen molar-refractivity contribution in [3.8, 4) is 0 Å². The van der Waals surface area contributed by atoms with Crippen LogP contribution in [0, 0.1) is 0 Å². The van der Waals surface area contributed by atoms with Crippen LogP contribution >= 0.6 is 23.1 Å². The standard InChI is InChI=1S/C11H17N3S2/c1-8(2)16-7-9(12)5-10-6-14-3-4-15-11(14)13-10/h3-4,6,8-9H,5,7,12H2,1-2H3. The minimum absolute atomic E-state index is 0.206. The molecule has 0 aliphatic heterocycles. The third kappa shape index (κ3) is 2.99. The number of rotatable bonds is 5. The summed E-state index contributed by atoms with van der Waals surface area (Å²) in [5.41, 5.74) is 7.18. The highest BCUT2D eigenvalue weighted by atomic mass is 32.2. The Morgan fingerprint density at radius 2 is 2.38 bits per heavy atom. The van der Waals surface area contributed by atoms with Gasteiger partial charge in [-0.15, -0.1) is 11.3 Å². The molecule has 0 aliphatic carbocycles. The molecule has 2 aromatic heterocycles. The second-order valence-electron chi connectivity index (χ2n) is 4.17. The first-order valence-corrected chi connectivity index (χ1v) is 7.36. The fourth-order valence-electron chi connectivity index (χ4n) is 1.52. The highest BCUT2D eigenvalue weighted by Crippen LogP contribution is 2.15. The van der Waals surface area contributed by atoms with Crippen LogP contribution in [-0.4, -0.2) is 26.4 Å². The summed E-state index contributed by atoms with van der Waals surface area (Å²) in [6.45, 7) is 4.40. The van der Waals surface area contributed by atoms with E-state index in [1.54, 1.807) is 11.3 Å². The van der Waals surface area contributed by atoms with Gasteiger partial charge in [-0.25, -0.2) is 4.98 Å². The lowest BCUT2D eigenvalue weighted by atomic mass is 10.2. The zero-order chi connectivity index (χ0) is 11.5. The number of thioether (sulfide) groups is 1. The van der Waals surface area contributed by atoms with E-state index in [0.717, 1.165) is 22.8 Å². The van der Waals surface area contributed by atoms with Gasteiger partial charge in [-0.1, -0.05) is 13.8 Å². The maximum absolute atomic E-state index is 6.08. The summed E-state index contributed by atoms with van der Waals surface area (Å²) in [4.78, 5) is 5.59. The van der Waals surface area contributed by atoms with Gasteiger partial charge in [-0.2, -0.15) is 11.8 Å². The lowest BCUT2D eigenvalue weighted by Crippen LogP contribution is -2.26. The van der Waals surface area contributed by atoms with Gasteiger partial charge in [0.1, 0.15) is 0 Å². The Morgan fingerprint density at radius 1 is 1.56 bits per heavy atom. The van der Waals surface area contributed by atoms with Crippen molar-refractivity contribution in [3.63, 3.8) is 0 Å². The van der Waals surface area contributed by atoms with Crippen molar-refractivity contribution < 1.29 is 0 Å². The quantitative estimate of drug-likeness (QED) is 0.892. The molecule has 0 bridgehead atoms. The second-order valence-corrected chi connectivity index (χ2v) is 6.65. The molecule has 0 saturated heterocycles. The maximum atomic E-state index is 6.08. The van der Waals surface area contributed by atoms with E-state index < -0.39 is 0 Å². The Bertz CT molecular complexity index is 418. The van der Waals surface area contributed by atoms with Crippen molar-refractivity contribution in [2.24, 2.45) is 5.73 Å². The molecule has 0 fully saturated rings. The lowest BCUT2D eigenvalue weighted by Gasteiger charge is -2.11. The van der Waals surface area contributed by atoms with Crippen molar-refractivity contribution in [1.82, 2.24) is 9.38 Å². The molecule has 3 nitrogen and oxygen atoms in total. The lowest BCUT2D eigenvalue weighted by molar-refractivity contribution is 0.735. The molecule has 2 heterocycles. The predicted octanol–water partition coefficient (Wildman–Crippen LogP) is 2.41. The normalized spacial score (nSPS) is 13.8. The molecular formula is C11H17N3S2. The van der Waals surface area contributed by atoms with E-state index in [9.17, 15) is 0 Å². The highest BCUT2D eigenvalue weighted by Gasteiger charge is 2.09. The van der Waals surface area contributed by atoms with E-state index in [1.165, 1.54) is 0 Å². The molecule has 1 atom stereocenters. The summed E-state index contributed by atoms with van der Waals surface area (Å²) in [5.74, 6) is 1.00. The average molecular weight is 255 g/mol. The molecule has 2 aromatic rings. The summed E-state index contributed by atoms with van der Waals surface area (Å²) in [7, 11) is 0. The number of nitrogens with zero attached hydrogens (tertiary/aromatic N) is 2.